The average molecular weight is 325 g/mol. The van der Waals surface area contributed by atoms with Crippen LogP contribution >= 0.6 is 0 Å². The Bertz CT molecular complexity index is 423. The molecule has 1 fully saturated rings. The van der Waals surface area contributed by atoms with Crippen molar-refractivity contribution in [2.24, 2.45) is 11.7 Å². The van der Waals surface area contributed by atoms with E-state index in [0.29, 0.717) is 12.5 Å². The van der Waals surface area contributed by atoms with Crippen LogP contribution in [0.25, 0.3) is 0 Å². The third kappa shape index (κ3) is 6.39. The number of carbonyl (C=O) groups excluding carboxylic acids is 1. The fourth-order valence-corrected chi connectivity index (χ4v) is 2.79. The summed E-state index contributed by atoms with van der Waals surface area (Å²) < 4.78 is 11.0. The highest BCUT2D eigenvalue weighted by atomic mass is 16.6. The lowest BCUT2D eigenvalue weighted by Crippen LogP contribution is -2.43. The molecule has 6 heteroatoms. The summed E-state index contributed by atoms with van der Waals surface area (Å²) in [7, 11) is 0. The van der Waals surface area contributed by atoms with Gasteiger partial charge in [-0.2, -0.15) is 0 Å². The molecule has 1 amide bonds. The molecule has 2 aliphatic rings. The maximum atomic E-state index is 12.0. The van der Waals surface area contributed by atoms with E-state index in [2.05, 4.69) is 11.4 Å². The summed E-state index contributed by atoms with van der Waals surface area (Å²) in [5, 5.41) is 3.45. The lowest BCUT2D eigenvalue weighted by Gasteiger charge is -2.33. The number of likely N-dealkylation sites (tertiary alicyclic amines) is 1. The number of amides is 1. The first-order valence-corrected chi connectivity index (χ1v) is 8.59. The summed E-state index contributed by atoms with van der Waals surface area (Å²) in [6.45, 7) is 9.57. The summed E-state index contributed by atoms with van der Waals surface area (Å²) >= 11 is 0. The number of carbonyl (C=O) groups is 1. The van der Waals surface area contributed by atoms with Crippen LogP contribution in [-0.2, 0) is 9.47 Å². The van der Waals surface area contributed by atoms with Crippen molar-refractivity contribution in [3.8, 4) is 0 Å². The van der Waals surface area contributed by atoms with Crippen molar-refractivity contribution in [1.29, 1.82) is 0 Å². The van der Waals surface area contributed by atoms with Gasteiger partial charge in [-0.25, -0.2) is 4.79 Å². The van der Waals surface area contributed by atoms with Gasteiger partial charge in [0.2, 0.25) is 0 Å². The number of ether oxygens (including phenoxy) is 2. The minimum Gasteiger partial charge on any atom is -0.495 e. The van der Waals surface area contributed by atoms with Gasteiger partial charge in [0.25, 0.3) is 0 Å². The van der Waals surface area contributed by atoms with Gasteiger partial charge in [0.15, 0.2) is 0 Å². The molecule has 132 valence electrons. The van der Waals surface area contributed by atoms with E-state index < -0.39 is 5.60 Å². The van der Waals surface area contributed by atoms with Gasteiger partial charge in [-0.15, -0.1) is 0 Å². The van der Waals surface area contributed by atoms with Gasteiger partial charge in [-0.05, 0) is 58.6 Å². The molecule has 0 radical (unpaired) electrons. The number of hydrogen-bond acceptors (Lipinski definition) is 5. The molecule has 2 aliphatic heterocycles. The zero-order valence-corrected chi connectivity index (χ0v) is 14.6. The Morgan fingerprint density at radius 1 is 1.43 bits per heavy atom. The second-order valence-electron chi connectivity index (χ2n) is 7.52. The van der Waals surface area contributed by atoms with Gasteiger partial charge >= 0.3 is 6.09 Å². The maximum Gasteiger partial charge on any atom is 0.410 e. The molecule has 0 spiro atoms. The lowest BCUT2D eigenvalue weighted by molar-refractivity contribution is 0.0184. The molecule has 2 rings (SSSR count). The van der Waals surface area contributed by atoms with E-state index in [0.717, 1.165) is 51.2 Å². The van der Waals surface area contributed by atoms with Crippen molar-refractivity contribution < 1.29 is 14.3 Å². The minimum absolute atomic E-state index is 0.135. The second-order valence-corrected chi connectivity index (χ2v) is 7.52. The highest BCUT2D eigenvalue weighted by Gasteiger charge is 2.26. The zero-order valence-electron chi connectivity index (χ0n) is 14.6. The predicted octanol–water partition coefficient (Wildman–Crippen LogP) is 1.85. The first kappa shape index (κ1) is 18.1. The molecule has 23 heavy (non-hydrogen) atoms. The van der Waals surface area contributed by atoms with Crippen LogP contribution in [0.2, 0.25) is 0 Å². The van der Waals surface area contributed by atoms with E-state index in [1.165, 1.54) is 0 Å². The monoisotopic (exact) mass is 325 g/mol. The summed E-state index contributed by atoms with van der Waals surface area (Å²) in [5.41, 5.74) is 5.36. The van der Waals surface area contributed by atoms with E-state index in [-0.39, 0.29) is 12.1 Å². The van der Waals surface area contributed by atoms with Crippen LogP contribution < -0.4 is 11.1 Å². The van der Waals surface area contributed by atoms with Gasteiger partial charge < -0.3 is 25.4 Å². The molecule has 1 atom stereocenters. The largest absolute Gasteiger partial charge is 0.495 e. The van der Waals surface area contributed by atoms with Gasteiger partial charge in [-0.1, -0.05) is 0 Å². The Kier molecular flexibility index (Phi) is 6.30. The van der Waals surface area contributed by atoms with Crippen molar-refractivity contribution >= 4 is 6.09 Å². The molecule has 6 nitrogen and oxygen atoms in total. The Hall–Kier alpha value is -1.27. The topological polar surface area (TPSA) is 76.8 Å². The number of piperidine rings is 1. The molecule has 2 heterocycles. The van der Waals surface area contributed by atoms with Crippen LogP contribution in [0.4, 0.5) is 4.79 Å². The van der Waals surface area contributed by atoms with Crippen LogP contribution in [0.15, 0.2) is 11.8 Å². The van der Waals surface area contributed by atoms with Crippen molar-refractivity contribution in [3.05, 3.63) is 11.8 Å². The Morgan fingerprint density at radius 3 is 2.70 bits per heavy atom. The molecule has 0 saturated carbocycles. The highest BCUT2D eigenvalue weighted by Crippen LogP contribution is 2.19. The average Bonchev–Trinajstić information content (AvgIpc) is 2.48. The van der Waals surface area contributed by atoms with E-state index in [1.54, 1.807) is 0 Å². The predicted molar refractivity (Wildman–Crippen MR) is 90.0 cm³/mol. The normalized spacial score (nSPS) is 23.2. The summed E-state index contributed by atoms with van der Waals surface area (Å²) in [5.74, 6) is 1.60. The third-order valence-electron chi connectivity index (χ3n) is 4.13. The highest BCUT2D eigenvalue weighted by molar-refractivity contribution is 5.68. The van der Waals surface area contributed by atoms with E-state index in [4.69, 9.17) is 15.2 Å². The lowest BCUT2D eigenvalue weighted by atomic mass is 9.97. The first-order chi connectivity index (χ1) is 10.8. The Morgan fingerprint density at radius 2 is 2.13 bits per heavy atom. The van der Waals surface area contributed by atoms with Crippen molar-refractivity contribution in [1.82, 2.24) is 10.2 Å². The SMILES string of the molecule is CC(C)(C)OC(=O)N1CCC(CNCC2=CC[C@@H](N)CO2)CC1. The molecule has 0 aromatic heterocycles. The number of rotatable bonds is 4. The van der Waals surface area contributed by atoms with Gasteiger partial charge in [0.05, 0.1) is 6.54 Å². The fourth-order valence-electron chi connectivity index (χ4n) is 2.79. The van der Waals surface area contributed by atoms with Crippen molar-refractivity contribution in [2.75, 3.05) is 32.8 Å². The quantitative estimate of drug-likeness (QED) is 0.825. The summed E-state index contributed by atoms with van der Waals surface area (Å²) in [4.78, 5) is 13.8. The van der Waals surface area contributed by atoms with E-state index >= 15 is 0 Å². The summed E-state index contributed by atoms with van der Waals surface area (Å²) in [6.07, 6.45) is 4.80. The number of nitrogens with zero attached hydrogens (tertiary/aromatic N) is 1. The standard InChI is InChI=1S/C17H31N3O3/c1-17(2,3)23-16(21)20-8-6-13(7-9-20)10-19-11-15-5-4-14(18)12-22-15/h5,13-14,19H,4,6-12,18H2,1-3H3/t14-/m1/s1. The summed E-state index contributed by atoms with van der Waals surface area (Å²) in [6, 6.07) is 0.135. The molecule has 0 bridgehead atoms. The maximum absolute atomic E-state index is 12.0. The third-order valence-corrected chi connectivity index (χ3v) is 4.13. The second kappa shape index (κ2) is 8.02. The smallest absolute Gasteiger partial charge is 0.410 e. The van der Waals surface area contributed by atoms with E-state index in [1.807, 2.05) is 25.7 Å². The molecule has 0 aromatic rings. The van der Waals surface area contributed by atoms with Crippen LogP contribution in [0, 0.1) is 5.92 Å². The number of nitrogens with one attached hydrogen (secondary N) is 1. The van der Waals surface area contributed by atoms with E-state index in [9.17, 15) is 4.79 Å². The van der Waals surface area contributed by atoms with Crippen LogP contribution in [0.3, 0.4) is 0 Å². The van der Waals surface area contributed by atoms with Crippen LogP contribution in [-0.4, -0.2) is 55.4 Å². The molecule has 0 unspecified atom stereocenters. The first-order valence-electron chi connectivity index (χ1n) is 8.59. The van der Waals surface area contributed by atoms with Crippen molar-refractivity contribution in [2.45, 2.75) is 51.7 Å². The Balaban J connectivity index is 1.62. The van der Waals surface area contributed by atoms with Crippen LogP contribution in [0.5, 0.6) is 0 Å². The van der Waals surface area contributed by atoms with Crippen molar-refractivity contribution in [3.63, 3.8) is 0 Å². The van der Waals surface area contributed by atoms with Gasteiger partial charge in [0, 0.05) is 19.1 Å². The minimum atomic E-state index is -0.425. The molecule has 1 saturated heterocycles. The molecule has 0 aliphatic carbocycles. The van der Waals surface area contributed by atoms with Gasteiger partial charge in [-0.3, -0.25) is 0 Å². The molecular formula is C17H31N3O3. The molecule has 3 N–H and O–H groups in total. The number of nitrogens with two attached hydrogens (primary N) is 1. The number of hydrogen-bond donors (Lipinski definition) is 2. The molecular weight excluding hydrogens is 294 g/mol. The fraction of sp³-hybridized carbons (Fsp3) is 0.824. The van der Waals surface area contributed by atoms with Gasteiger partial charge in [0.1, 0.15) is 18.0 Å². The van der Waals surface area contributed by atoms with Crippen LogP contribution in [0.1, 0.15) is 40.0 Å². The Labute approximate surface area is 139 Å². The zero-order chi connectivity index (χ0) is 16.9. The molecule has 0 aromatic carbocycles.